The van der Waals surface area contributed by atoms with Crippen LogP contribution in [0, 0.1) is 0 Å². The van der Waals surface area contributed by atoms with E-state index in [-0.39, 0.29) is 12.4 Å². The fourth-order valence-corrected chi connectivity index (χ4v) is 4.78. The van der Waals surface area contributed by atoms with E-state index in [2.05, 4.69) is 10.3 Å². The fraction of sp³-hybridized carbons (Fsp3) is 0.238. The maximum absolute atomic E-state index is 12.8. The van der Waals surface area contributed by atoms with Crippen LogP contribution in [0.25, 0.3) is 10.6 Å². The molecule has 0 fully saturated rings. The predicted octanol–water partition coefficient (Wildman–Crippen LogP) is 3.85. The van der Waals surface area contributed by atoms with E-state index >= 15 is 0 Å². The van der Waals surface area contributed by atoms with Crippen LogP contribution in [-0.2, 0) is 22.6 Å². The topological polar surface area (TPSA) is 126 Å². The van der Waals surface area contributed by atoms with Crippen molar-refractivity contribution in [2.24, 2.45) is 0 Å². The number of aliphatic carboxylic acids is 2. The number of nitrogens with one attached hydrogen (secondary N) is 1. The van der Waals surface area contributed by atoms with Gasteiger partial charge in [0, 0.05) is 28.9 Å². The zero-order chi connectivity index (χ0) is 24.9. The Hall–Kier alpha value is -3.29. The molecule has 1 aliphatic heterocycles. The molecule has 180 valence electrons. The van der Waals surface area contributed by atoms with Crippen molar-refractivity contribution >= 4 is 40.4 Å². The molecule has 8 nitrogen and oxygen atoms in total. The summed E-state index contributed by atoms with van der Waals surface area (Å²) in [6, 6.07) is 8.98. The van der Waals surface area contributed by atoms with Crippen LogP contribution in [-0.4, -0.2) is 52.2 Å². The van der Waals surface area contributed by atoms with Crippen molar-refractivity contribution in [3.8, 4) is 16.3 Å². The molecule has 13 heteroatoms. The summed E-state index contributed by atoms with van der Waals surface area (Å²) in [6.45, 7) is 1.39. The summed E-state index contributed by atoms with van der Waals surface area (Å²) in [5.74, 6) is -3.34. The van der Waals surface area contributed by atoms with E-state index in [0.29, 0.717) is 11.4 Å². The summed E-state index contributed by atoms with van der Waals surface area (Å²) in [5, 5.41) is 21.6. The Morgan fingerprint density at radius 1 is 1.15 bits per heavy atom. The monoisotopic (exact) mass is 514 g/mol. The number of aromatic nitrogens is 1. The van der Waals surface area contributed by atoms with Crippen LogP contribution < -0.4 is 10.1 Å². The molecular weight excluding hydrogens is 497 g/mol. The number of carbonyl (C=O) groups excluding carboxylic acids is 1. The highest BCUT2D eigenvalue weighted by Crippen LogP contribution is 2.30. The van der Waals surface area contributed by atoms with Crippen LogP contribution in [0.1, 0.15) is 25.8 Å². The number of benzene rings is 1. The first kappa shape index (κ1) is 25.3. The second kappa shape index (κ2) is 10.8. The van der Waals surface area contributed by atoms with Crippen molar-refractivity contribution in [1.82, 2.24) is 10.3 Å². The van der Waals surface area contributed by atoms with E-state index < -0.39 is 18.1 Å². The summed E-state index contributed by atoms with van der Waals surface area (Å²) in [7, 11) is 0. The third-order valence-electron chi connectivity index (χ3n) is 4.41. The van der Waals surface area contributed by atoms with Gasteiger partial charge in [0.1, 0.15) is 16.5 Å². The highest BCUT2D eigenvalue weighted by Gasteiger charge is 2.38. The Morgan fingerprint density at radius 2 is 1.82 bits per heavy atom. The second-order valence-electron chi connectivity index (χ2n) is 6.86. The van der Waals surface area contributed by atoms with Gasteiger partial charge >= 0.3 is 18.1 Å². The summed E-state index contributed by atoms with van der Waals surface area (Å²) in [4.78, 5) is 38.7. The first-order valence-corrected chi connectivity index (χ1v) is 11.3. The molecule has 4 rings (SSSR count). The minimum Gasteiger partial charge on any atom is -0.482 e. The van der Waals surface area contributed by atoms with Gasteiger partial charge in [0.05, 0.1) is 4.88 Å². The SMILES string of the molecule is O=C(O)C(F)(F)F.O=C(O)COc1ccc(-c2nc(C(=O)c3cc4c(s3)CCNC4)cs2)cc1. The number of carboxylic acids is 2. The van der Waals surface area contributed by atoms with Crippen molar-refractivity contribution in [1.29, 1.82) is 0 Å². The number of thiazole rings is 1. The Labute approximate surface area is 198 Å². The zero-order valence-corrected chi connectivity index (χ0v) is 18.9. The zero-order valence-electron chi connectivity index (χ0n) is 17.2. The van der Waals surface area contributed by atoms with E-state index in [9.17, 15) is 22.8 Å². The predicted molar refractivity (Wildman–Crippen MR) is 118 cm³/mol. The van der Waals surface area contributed by atoms with Crippen LogP contribution >= 0.6 is 22.7 Å². The lowest BCUT2D eigenvalue weighted by Gasteiger charge is -2.10. The molecule has 0 saturated carbocycles. The van der Waals surface area contributed by atoms with Crippen LogP contribution in [0.15, 0.2) is 35.7 Å². The summed E-state index contributed by atoms with van der Waals surface area (Å²) >= 11 is 2.97. The molecule has 3 N–H and O–H groups in total. The molecule has 3 aromatic rings. The van der Waals surface area contributed by atoms with Crippen molar-refractivity contribution in [2.75, 3.05) is 13.2 Å². The number of thiophene rings is 1. The highest BCUT2D eigenvalue weighted by atomic mass is 32.1. The van der Waals surface area contributed by atoms with Gasteiger partial charge in [-0.05, 0) is 42.3 Å². The van der Waals surface area contributed by atoms with E-state index in [1.807, 2.05) is 6.07 Å². The number of alkyl halides is 3. The number of carboxylic acid groups (broad SMARTS) is 2. The molecule has 1 aliphatic rings. The molecule has 0 amide bonds. The van der Waals surface area contributed by atoms with Gasteiger partial charge in [-0.1, -0.05) is 0 Å². The molecular formula is C21H17F3N2O6S2. The Kier molecular flexibility index (Phi) is 8.02. The molecule has 0 unspecified atom stereocenters. The molecule has 0 atom stereocenters. The Morgan fingerprint density at radius 3 is 2.41 bits per heavy atom. The number of carbonyl (C=O) groups is 3. The van der Waals surface area contributed by atoms with Gasteiger partial charge in [0.2, 0.25) is 5.78 Å². The molecule has 0 spiro atoms. The second-order valence-corrected chi connectivity index (χ2v) is 8.86. The minimum absolute atomic E-state index is 0.0432. The van der Waals surface area contributed by atoms with Crippen molar-refractivity contribution in [3.05, 3.63) is 56.7 Å². The van der Waals surface area contributed by atoms with Gasteiger partial charge in [-0.3, -0.25) is 4.79 Å². The minimum atomic E-state index is -5.08. The third kappa shape index (κ3) is 6.62. The molecule has 0 saturated heterocycles. The van der Waals surface area contributed by atoms with E-state index in [0.717, 1.165) is 35.0 Å². The van der Waals surface area contributed by atoms with Gasteiger partial charge in [-0.25, -0.2) is 14.6 Å². The number of hydrogen-bond acceptors (Lipinski definition) is 8. The van der Waals surface area contributed by atoms with Crippen molar-refractivity contribution < 1.29 is 42.5 Å². The van der Waals surface area contributed by atoms with Crippen molar-refractivity contribution in [3.63, 3.8) is 0 Å². The average molecular weight is 515 g/mol. The fourth-order valence-electron chi connectivity index (χ4n) is 2.84. The lowest BCUT2D eigenvalue weighted by molar-refractivity contribution is -0.192. The summed E-state index contributed by atoms with van der Waals surface area (Å²) < 4.78 is 36.9. The third-order valence-corrected chi connectivity index (χ3v) is 6.53. The molecule has 0 radical (unpaired) electrons. The van der Waals surface area contributed by atoms with Gasteiger partial charge in [-0.15, -0.1) is 22.7 Å². The van der Waals surface area contributed by atoms with E-state index in [1.54, 1.807) is 41.0 Å². The normalized spacial score (nSPS) is 12.8. The molecule has 0 bridgehead atoms. The Bertz CT molecular complexity index is 1160. The quantitative estimate of drug-likeness (QED) is 0.424. The summed E-state index contributed by atoms with van der Waals surface area (Å²) in [5.41, 5.74) is 2.52. The molecule has 3 heterocycles. The van der Waals surface area contributed by atoms with Gasteiger partial charge < -0.3 is 20.3 Å². The van der Waals surface area contributed by atoms with E-state index in [1.165, 1.54) is 21.8 Å². The average Bonchev–Trinajstić information content (AvgIpc) is 3.45. The number of halogens is 3. The summed E-state index contributed by atoms with van der Waals surface area (Å²) in [6.07, 6.45) is -4.12. The van der Waals surface area contributed by atoms with Crippen LogP contribution in [0.2, 0.25) is 0 Å². The molecule has 0 aliphatic carbocycles. The number of ether oxygens (including phenoxy) is 1. The van der Waals surface area contributed by atoms with Gasteiger partial charge in [-0.2, -0.15) is 13.2 Å². The van der Waals surface area contributed by atoms with Crippen LogP contribution in [0.5, 0.6) is 5.75 Å². The molecule has 1 aromatic carbocycles. The standard InChI is InChI=1S/C19H16N2O4S2.C2HF3O2/c22-17(23)9-25-13-3-1-11(2-4-13)19-21-14(10-26-19)18(24)16-7-12-8-20-6-5-15(12)27-16;3-2(4,5)1(6)7/h1-4,7,10,20H,5-6,8-9H2,(H,22,23);(H,6,7). The van der Waals surface area contributed by atoms with Crippen LogP contribution in [0.3, 0.4) is 0 Å². The highest BCUT2D eigenvalue weighted by molar-refractivity contribution is 7.15. The number of hydrogen-bond donors (Lipinski definition) is 3. The molecule has 34 heavy (non-hydrogen) atoms. The number of rotatable bonds is 6. The maximum atomic E-state index is 12.8. The maximum Gasteiger partial charge on any atom is 0.490 e. The van der Waals surface area contributed by atoms with E-state index in [4.69, 9.17) is 19.7 Å². The first-order valence-electron chi connectivity index (χ1n) is 9.62. The number of ketones is 1. The Balaban J connectivity index is 0.000000406. The van der Waals surface area contributed by atoms with Crippen LogP contribution in [0.4, 0.5) is 13.2 Å². The van der Waals surface area contributed by atoms with Gasteiger partial charge in [0.25, 0.3) is 0 Å². The van der Waals surface area contributed by atoms with Crippen molar-refractivity contribution in [2.45, 2.75) is 19.1 Å². The molecule has 2 aromatic heterocycles. The first-order chi connectivity index (χ1) is 16.0. The lowest BCUT2D eigenvalue weighted by atomic mass is 10.1. The number of nitrogens with zero attached hydrogens (tertiary/aromatic N) is 1. The lowest BCUT2D eigenvalue weighted by Crippen LogP contribution is -2.21. The largest absolute Gasteiger partial charge is 0.490 e. The smallest absolute Gasteiger partial charge is 0.482 e. The van der Waals surface area contributed by atoms with Gasteiger partial charge in [0.15, 0.2) is 6.61 Å². The number of fused-ring (bicyclic) bond motifs is 1.